The predicted octanol–water partition coefficient (Wildman–Crippen LogP) is 1.12. The summed E-state index contributed by atoms with van der Waals surface area (Å²) in [6, 6.07) is 0.408. The second-order valence-electron chi connectivity index (χ2n) is 6.23. The third kappa shape index (κ3) is 3.06. The van der Waals surface area contributed by atoms with Crippen molar-refractivity contribution >= 4 is 12.0 Å². The summed E-state index contributed by atoms with van der Waals surface area (Å²) in [7, 11) is 0. The van der Waals surface area contributed by atoms with Crippen molar-refractivity contribution < 1.29 is 14.3 Å². The molecule has 2 unspecified atom stereocenters. The van der Waals surface area contributed by atoms with Crippen LogP contribution in [0.5, 0.6) is 0 Å². The standard InChI is InChI=1S/C13H23N3O3/c1-9(17)15(12(18)19-13(2,3)4)16-10-5-6-11(16)8-14-7-10/h10-11,14H,5-8H2,1-4H3. The van der Waals surface area contributed by atoms with Crippen LogP contribution in [0.2, 0.25) is 0 Å². The van der Waals surface area contributed by atoms with E-state index in [1.807, 2.05) is 5.01 Å². The van der Waals surface area contributed by atoms with Gasteiger partial charge in [-0.25, -0.2) is 4.79 Å². The van der Waals surface area contributed by atoms with Crippen molar-refractivity contribution in [2.75, 3.05) is 13.1 Å². The van der Waals surface area contributed by atoms with Gasteiger partial charge in [-0.15, -0.1) is 0 Å². The van der Waals surface area contributed by atoms with Gasteiger partial charge in [0.1, 0.15) is 5.60 Å². The van der Waals surface area contributed by atoms with Crippen molar-refractivity contribution in [3.05, 3.63) is 0 Å². The first-order valence-corrected chi connectivity index (χ1v) is 6.82. The fourth-order valence-electron chi connectivity index (χ4n) is 2.77. The lowest BCUT2D eigenvalue weighted by molar-refractivity contribution is -0.151. The lowest BCUT2D eigenvalue weighted by Crippen LogP contribution is -2.62. The van der Waals surface area contributed by atoms with E-state index in [1.165, 1.54) is 11.9 Å². The molecule has 0 radical (unpaired) electrons. The van der Waals surface area contributed by atoms with E-state index in [4.69, 9.17) is 4.74 Å². The minimum absolute atomic E-state index is 0.204. The summed E-state index contributed by atoms with van der Waals surface area (Å²) in [5.41, 5.74) is -0.599. The maximum absolute atomic E-state index is 12.2. The molecule has 2 heterocycles. The first-order chi connectivity index (χ1) is 8.79. The van der Waals surface area contributed by atoms with E-state index in [0.717, 1.165) is 25.9 Å². The third-order valence-corrected chi connectivity index (χ3v) is 3.44. The molecule has 6 heteroatoms. The van der Waals surface area contributed by atoms with Gasteiger partial charge < -0.3 is 10.1 Å². The van der Waals surface area contributed by atoms with Crippen molar-refractivity contribution in [2.24, 2.45) is 0 Å². The van der Waals surface area contributed by atoms with Gasteiger partial charge in [0, 0.05) is 32.1 Å². The monoisotopic (exact) mass is 269 g/mol. The van der Waals surface area contributed by atoms with Gasteiger partial charge in [-0.1, -0.05) is 0 Å². The number of fused-ring (bicyclic) bond motifs is 2. The third-order valence-electron chi connectivity index (χ3n) is 3.44. The predicted molar refractivity (Wildman–Crippen MR) is 70.3 cm³/mol. The second-order valence-corrected chi connectivity index (χ2v) is 6.23. The summed E-state index contributed by atoms with van der Waals surface area (Å²) in [5.74, 6) is -0.284. The minimum Gasteiger partial charge on any atom is -0.442 e. The highest BCUT2D eigenvalue weighted by Crippen LogP contribution is 2.29. The number of carbonyl (C=O) groups is 2. The Morgan fingerprint density at radius 3 is 2.16 bits per heavy atom. The van der Waals surface area contributed by atoms with Gasteiger partial charge in [-0.2, -0.15) is 10.0 Å². The van der Waals surface area contributed by atoms with Gasteiger partial charge in [-0.3, -0.25) is 4.79 Å². The fourth-order valence-corrected chi connectivity index (χ4v) is 2.77. The molecule has 108 valence electrons. The molecule has 19 heavy (non-hydrogen) atoms. The molecular weight excluding hydrogens is 246 g/mol. The van der Waals surface area contributed by atoms with Crippen LogP contribution in [-0.4, -0.2) is 52.8 Å². The largest absolute Gasteiger partial charge is 0.442 e. The summed E-state index contributed by atoms with van der Waals surface area (Å²) in [5, 5.41) is 6.42. The fraction of sp³-hybridized carbons (Fsp3) is 0.846. The van der Waals surface area contributed by atoms with E-state index in [0.29, 0.717) is 0 Å². The number of imide groups is 1. The number of ether oxygens (including phenoxy) is 1. The smallest absolute Gasteiger partial charge is 0.432 e. The number of rotatable bonds is 1. The minimum atomic E-state index is -0.599. The van der Waals surface area contributed by atoms with Gasteiger partial charge in [0.15, 0.2) is 0 Å². The summed E-state index contributed by atoms with van der Waals surface area (Å²) < 4.78 is 5.34. The molecule has 0 aromatic rings. The van der Waals surface area contributed by atoms with E-state index in [9.17, 15) is 9.59 Å². The molecule has 6 nitrogen and oxygen atoms in total. The Balaban J connectivity index is 2.16. The normalized spacial score (nSPS) is 27.2. The molecule has 2 fully saturated rings. The Bertz CT molecular complexity index is 362. The Labute approximate surface area is 114 Å². The Morgan fingerprint density at radius 2 is 1.74 bits per heavy atom. The maximum Gasteiger partial charge on any atom is 0.432 e. The van der Waals surface area contributed by atoms with Crippen molar-refractivity contribution in [3.8, 4) is 0 Å². The molecule has 0 saturated carbocycles. The van der Waals surface area contributed by atoms with Crippen molar-refractivity contribution in [1.29, 1.82) is 0 Å². The molecule has 0 aromatic heterocycles. The van der Waals surface area contributed by atoms with Crippen LogP contribution in [0.25, 0.3) is 0 Å². The average Bonchev–Trinajstić information content (AvgIpc) is 2.50. The zero-order valence-corrected chi connectivity index (χ0v) is 12.1. The Hall–Kier alpha value is -1.14. The van der Waals surface area contributed by atoms with E-state index in [2.05, 4.69) is 5.32 Å². The summed E-state index contributed by atoms with van der Waals surface area (Å²) >= 11 is 0. The molecule has 2 saturated heterocycles. The van der Waals surface area contributed by atoms with Gasteiger partial charge in [-0.05, 0) is 33.6 Å². The second kappa shape index (κ2) is 5.09. The van der Waals surface area contributed by atoms with Crippen molar-refractivity contribution in [1.82, 2.24) is 15.3 Å². The van der Waals surface area contributed by atoms with E-state index in [1.54, 1.807) is 20.8 Å². The van der Waals surface area contributed by atoms with E-state index < -0.39 is 11.7 Å². The molecule has 2 aliphatic rings. The van der Waals surface area contributed by atoms with Gasteiger partial charge >= 0.3 is 6.09 Å². The SMILES string of the molecule is CC(=O)N(C(=O)OC(C)(C)C)N1C2CCC1CNC2. The summed E-state index contributed by atoms with van der Waals surface area (Å²) in [6.45, 7) is 8.43. The Kier molecular flexibility index (Phi) is 3.82. The summed E-state index contributed by atoms with van der Waals surface area (Å²) in [4.78, 5) is 24.1. The van der Waals surface area contributed by atoms with Crippen LogP contribution in [-0.2, 0) is 9.53 Å². The lowest BCUT2D eigenvalue weighted by Gasteiger charge is -2.41. The van der Waals surface area contributed by atoms with Crippen LogP contribution in [0.4, 0.5) is 4.79 Å². The molecule has 0 spiro atoms. The highest BCUT2D eigenvalue weighted by Gasteiger charge is 2.44. The molecule has 0 aliphatic carbocycles. The van der Waals surface area contributed by atoms with Gasteiger partial charge in [0.2, 0.25) is 5.91 Å². The zero-order valence-electron chi connectivity index (χ0n) is 12.1. The highest BCUT2D eigenvalue weighted by atomic mass is 16.6. The molecular formula is C13H23N3O3. The molecule has 2 aliphatic heterocycles. The first kappa shape index (κ1) is 14.3. The number of nitrogens with zero attached hydrogens (tertiary/aromatic N) is 2. The zero-order chi connectivity index (χ0) is 14.2. The van der Waals surface area contributed by atoms with E-state index in [-0.39, 0.29) is 18.0 Å². The molecule has 2 amide bonds. The highest BCUT2D eigenvalue weighted by molar-refractivity contribution is 5.90. The molecule has 0 aromatic carbocycles. The van der Waals surface area contributed by atoms with Crippen LogP contribution in [0.3, 0.4) is 0 Å². The number of hydrogen-bond acceptors (Lipinski definition) is 5. The van der Waals surface area contributed by atoms with Crippen LogP contribution in [0.1, 0.15) is 40.5 Å². The topological polar surface area (TPSA) is 61.9 Å². The number of piperazine rings is 1. The molecule has 2 rings (SSSR count). The molecule has 2 bridgehead atoms. The molecule has 2 atom stereocenters. The number of hydrazine groups is 1. The number of amides is 2. The van der Waals surface area contributed by atoms with Gasteiger partial charge in [0.05, 0.1) is 0 Å². The number of hydrogen-bond donors (Lipinski definition) is 1. The van der Waals surface area contributed by atoms with Crippen LogP contribution in [0, 0.1) is 0 Å². The van der Waals surface area contributed by atoms with Crippen molar-refractivity contribution in [3.63, 3.8) is 0 Å². The number of nitrogens with one attached hydrogen (secondary N) is 1. The Morgan fingerprint density at radius 1 is 1.21 bits per heavy atom. The maximum atomic E-state index is 12.2. The summed E-state index contributed by atoms with van der Waals surface area (Å²) in [6.07, 6.45) is 1.44. The van der Waals surface area contributed by atoms with Gasteiger partial charge in [0.25, 0.3) is 0 Å². The van der Waals surface area contributed by atoms with E-state index >= 15 is 0 Å². The first-order valence-electron chi connectivity index (χ1n) is 6.82. The average molecular weight is 269 g/mol. The quantitative estimate of drug-likeness (QED) is 0.773. The number of carbonyl (C=O) groups excluding carboxylic acids is 2. The van der Waals surface area contributed by atoms with Crippen molar-refractivity contribution in [2.45, 2.75) is 58.2 Å². The lowest BCUT2D eigenvalue weighted by atomic mass is 10.2. The molecule has 1 N–H and O–H groups in total. The van der Waals surface area contributed by atoms with Crippen LogP contribution >= 0.6 is 0 Å². The van der Waals surface area contributed by atoms with Crippen LogP contribution in [0.15, 0.2) is 0 Å². The van der Waals surface area contributed by atoms with Crippen LogP contribution < -0.4 is 5.32 Å².